The molecular formula is C32H26N6O6. The zero-order valence-electron chi connectivity index (χ0n) is 23.6. The third-order valence-electron chi connectivity index (χ3n) is 7.66. The van der Waals surface area contributed by atoms with E-state index >= 15 is 0 Å². The van der Waals surface area contributed by atoms with Gasteiger partial charge >= 0.3 is 0 Å². The number of aliphatic imine (C=N–C) groups is 1. The Labute approximate surface area is 252 Å². The van der Waals surface area contributed by atoms with Gasteiger partial charge in [0.05, 0.1) is 36.7 Å². The summed E-state index contributed by atoms with van der Waals surface area (Å²) in [6, 6.07) is 26.4. The Morgan fingerprint density at radius 2 is 1.39 bits per heavy atom. The number of hydrogen-bond acceptors (Lipinski definition) is 12. The minimum absolute atomic E-state index is 0.0909. The van der Waals surface area contributed by atoms with E-state index in [0.29, 0.717) is 45.8 Å². The maximum absolute atomic E-state index is 11.4. The third-order valence-corrected chi connectivity index (χ3v) is 7.66. The number of nitrogens with zero attached hydrogens (tertiary/aromatic N) is 5. The predicted molar refractivity (Wildman–Crippen MR) is 162 cm³/mol. The molecule has 220 valence electrons. The second kappa shape index (κ2) is 10.2. The van der Waals surface area contributed by atoms with Crippen LogP contribution in [0.3, 0.4) is 0 Å². The molecule has 8 rings (SSSR count). The van der Waals surface area contributed by atoms with Crippen molar-refractivity contribution in [1.29, 1.82) is 0 Å². The first-order valence-corrected chi connectivity index (χ1v) is 13.9. The van der Waals surface area contributed by atoms with E-state index in [4.69, 9.17) is 33.9 Å². The van der Waals surface area contributed by atoms with Crippen LogP contribution in [0.15, 0.2) is 100 Å². The molecule has 0 spiro atoms. The van der Waals surface area contributed by atoms with Crippen molar-refractivity contribution >= 4 is 29.4 Å². The van der Waals surface area contributed by atoms with Crippen LogP contribution in [-0.2, 0) is 9.47 Å². The van der Waals surface area contributed by atoms with Gasteiger partial charge in [0.25, 0.3) is 12.7 Å². The van der Waals surface area contributed by atoms with Crippen LogP contribution in [0.5, 0.6) is 23.0 Å². The second-order valence-electron chi connectivity index (χ2n) is 10.2. The number of hydrazone groups is 2. The lowest BCUT2D eigenvalue weighted by atomic mass is 10.1. The van der Waals surface area contributed by atoms with Crippen molar-refractivity contribution in [2.45, 2.75) is 18.9 Å². The molecule has 0 bridgehead atoms. The van der Waals surface area contributed by atoms with Crippen molar-refractivity contribution in [3.63, 3.8) is 0 Å². The molecule has 3 unspecified atom stereocenters. The molecule has 12 heteroatoms. The Morgan fingerprint density at radius 1 is 0.750 bits per heavy atom. The van der Waals surface area contributed by atoms with Crippen molar-refractivity contribution < 1.29 is 28.8 Å². The summed E-state index contributed by atoms with van der Waals surface area (Å²) in [7, 11) is 3.05. The quantitative estimate of drug-likeness (QED) is 0.335. The van der Waals surface area contributed by atoms with Gasteiger partial charge in [0.1, 0.15) is 0 Å². The van der Waals surface area contributed by atoms with Crippen molar-refractivity contribution in [3.8, 4) is 23.0 Å². The Balaban J connectivity index is 1.19. The zero-order valence-corrected chi connectivity index (χ0v) is 23.6. The molecule has 0 saturated heterocycles. The first-order valence-electron chi connectivity index (χ1n) is 13.9. The van der Waals surface area contributed by atoms with Gasteiger partial charge in [0.2, 0.25) is 11.8 Å². The Hall–Kier alpha value is -5.75. The van der Waals surface area contributed by atoms with Gasteiger partial charge in [-0.15, -0.1) is 10.2 Å². The zero-order chi connectivity index (χ0) is 29.8. The van der Waals surface area contributed by atoms with Crippen LogP contribution in [0.1, 0.15) is 28.5 Å². The van der Waals surface area contributed by atoms with Gasteiger partial charge in [-0.05, 0) is 48.5 Å². The largest absolute Gasteiger partial charge is 0.504 e. The fourth-order valence-corrected chi connectivity index (χ4v) is 5.55. The van der Waals surface area contributed by atoms with Crippen molar-refractivity contribution in [2.24, 2.45) is 15.2 Å². The number of hydrogen-bond donors (Lipinski definition) is 2. The summed E-state index contributed by atoms with van der Waals surface area (Å²) in [5.41, 5.74) is 4.00. The highest BCUT2D eigenvalue weighted by molar-refractivity contribution is 6.00. The van der Waals surface area contributed by atoms with Crippen LogP contribution in [0.2, 0.25) is 0 Å². The van der Waals surface area contributed by atoms with Gasteiger partial charge < -0.3 is 28.8 Å². The molecule has 0 saturated carbocycles. The molecule has 12 nitrogen and oxygen atoms in total. The van der Waals surface area contributed by atoms with Gasteiger partial charge in [0.15, 0.2) is 29.2 Å². The van der Waals surface area contributed by atoms with E-state index in [-0.39, 0.29) is 11.5 Å². The summed E-state index contributed by atoms with van der Waals surface area (Å²) in [4.78, 5) is 4.61. The van der Waals surface area contributed by atoms with Crippen LogP contribution < -0.4 is 29.5 Å². The van der Waals surface area contributed by atoms with E-state index in [0.717, 1.165) is 11.1 Å². The number of nitrogens with one attached hydrogen (secondary N) is 1. The molecule has 4 heterocycles. The minimum atomic E-state index is -0.906. The molecular weight excluding hydrogens is 564 g/mol. The number of methoxy groups -OCH3 is 2. The fraction of sp³-hybridized carbons (Fsp3) is 0.156. The number of anilines is 2. The van der Waals surface area contributed by atoms with Gasteiger partial charge in [0, 0.05) is 17.3 Å². The van der Waals surface area contributed by atoms with Crippen LogP contribution in [0, 0.1) is 0 Å². The van der Waals surface area contributed by atoms with E-state index in [1.165, 1.54) is 7.11 Å². The Kier molecular flexibility index (Phi) is 6.01. The first kappa shape index (κ1) is 25.9. The molecule has 44 heavy (non-hydrogen) atoms. The number of phenols is 1. The highest BCUT2D eigenvalue weighted by atomic mass is 16.6. The predicted octanol–water partition coefficient (Wildman–Crippen LogP) is 4.49. The summed E-state index contributed by atoms with van der Waals surface area (Å²) in [5.74, 6) is 1.94. The van der Waals surface area contributed by atoms with Gasteiger partial charge in [-0.1, -0.05) is 36.4 Å². The van der Waals surface area contributed by atoms with Gasteiger partial charge in [-0.3, -0.25) is 0 Å². The summed E-state index contributed by atoms with van der Waals surface area (Å²) in [6.07, 6.45) is -0.600. The minimum Gasteiger partial charge on any atom is -0.504 e. The molecule has 0 fully saturated rings. The van der Waals surface area contributed by atoms with E-state index in [9.17, 15) is 5.11 Å². The molecule has 0 amide bonds. The first-order chi connectivity index (χ1) is 21.6. The summed E-state index contributed by atoms with van der Waals surface area (Å²) in [5, 5.41) is 27.5. The maximum atomic E-state index is 11.4. The van der Waals surface area contributed by atoms with Crippen LogP contribution in [0.4, 0.5) is 11.4 Å². The molecule has 3 atom stereocenters. The standard InChI is InChI=1S/C32H26N6O6/c1-40-23-15-14-22-25(26(23)39)30(34-32-38(22)36-29(44-32)19-11-7-4-8-12-19)42-27-20-17-33-31-37(21(20)13-16-24(27)41-2)35-28(43-31)18-9-5-3-6-10-18/h3-17,30-32,34,39H,1-2H3. The fourth-order valence-electron chi connectivity index (χ4n) is 5.55. The average Bonchev–Trinajstić information content (AvgIpc) is 3.71. The van der Waals surface area contributed by atoms with Crippen molar-refractivity contribution in [3.05, 3.63) is 107 Å². The second-order valence-corrected chi connectivity index (χ2v) is 10.2. The van der Waals surface area contributed by atoms with E-state index in [1.807, 2.05) is 72.8 Å². The van der Waals surface area contributed by atoms with Crippen molar-refractivity contribution in [1.82, 2.24) is 5.32 Å². The van der Waals surface area contributed by atoms with Crippen molar-refractivity contribution in [2.75, 3.05) is 24.2 Å². The lowest BCUT2D eigenvalue weighted by molar-refractivity contribution is 0.0616. The third kappa shape index (κ3) is 4.07. The summed E-state index contributed by atoms with van der Waals surface area (Å²) >= 11 is 0. The molecule has 4 aromatic rings. The molecule has 4 aliphatic rings. The monoisotopic (exact) mass is 590 g/mol. The Bertz CT molecular complexity index is 1850. The van der Waals surface area contributed by atoms with E-state index < -0.39 is 18.9 Å². The smallest absolute Gasteiger partial charge is 0.291 e. The van der Waals surface area contributed by atoms with Crippen LogP contribution in [-0.4, -0.2) is 50.0 Å². The topological polar surface area (TPSA) is 122 Å². The molecule has 0 radical (unpaired) electrons. The maximum Gasteiger partial charge on any atom is 0.291 e. The highest BCUT2D eigenvalue weighted by Gasteiger charge is 2.43. The number of aromatic hydroxyl groups is 1. The molecule has 4 aromatic carbocycles. The molecule has 2 N–H and O–H groups in total. The van der Waals surface area contributed by atoms with Crippen LogP contribution >= 0.6 is 0 Å². The lowest BCUT2D eigenvalue weighted by Crippen LogP contribution is -2.49. The SMILES string of the molecule is COc1ccc2c(c1O)C(Oc1c(OC)ccc3c1C=NC1OC(c4ccccc4)=NN31)NC1OC(c3ccccc3)=NN21. The average molecular weight is 591 g/mol. The number of fused-ring (bicyclic) bond motifs is 6. The lowest BCUT2D eigenvalue weighted by Gasteiger charge is -2.36. The summed E-state index contributed by atoms with van der Waals surface area (Å²) in [6.45, 7) is 0. The molecule has 4 aliphatic heterocycles. The normalized spacial score (nSPS) is 20.7. The number of benzene rings is 4. The Morgan fingerprint density at radius 3 is 2.09 bits per heavy atom. The van der Waals surface area contributed by atoms with E-state index in [2.05, 4.69) is 10.3 Å². The summed E-state index contributed by atoms with van der Waals surface area (Å²) < 4.78 is 30.1. The number of rotatable bonds is 6. The molecule has 0 aliphatic carbocycles. The number of ether oxygens (including phenoxy) is 5. The van der Waals surface area contributed by atoms with Crippen LogP contribution in [0.25, 0.3) is 0 Å². The van der Waals surface area contributed by atoms with E-state index in [1.54, 1.807) is 35.5 Å². The number of phenolic OH excluding ortho intramolecular Hbond substituents is 1. The highest BCUT2D eigenvalue weighted by Crippen LogP contribution is 2.48. The van der Waals surface area contributed by atoms with Gasteiger partial charge in [-0.2, -0.15) is 0 Å². The van der Waals surface area contributed by atoms with Gasteiger partial charge in [-0.25, -0.2) is 20.3 Å². The molecule has 0 aromatic heterocycles.